The summed E-state index contributed by atoms with van der Waals surface area (Å²) in [6.07, 6.45) is 8.94. The standard InChI is InChI=1S/C16H20/c1-12-8-7-10-15(14(12)3)16(4)11-6-5-9-13(16)2/h5-11,13H,1-4H3. The largest absolute Gasteiger partial charge is 0.0805 e. The number of benzene rings is 1. The number of allylic oxidation sites excluding steroid dienone is 4. The predicted molar refractivity (Wildman–Crippen MR) is 70.7 cm³/mol. The highest BCUT2D eigenvalue weighted by Gasteiger charge is 2.31. The summed E-state index contributed by atoms with van der Waals surface area (Å²) in [5.41, 5.74) is 4.41. The van der Waals surface area contributed by atoms with Crippen molar-refractivity contribution < 1.29 is 0 Å². The molecule has 0 heteroatoms. The van der Waals surface area contributed by atoms with Gasteiger partial charge in [-0.3, -0.25) is 0 Å². The normalized spacial score (nSPS) is 28.4. The van der Waals surface area contributed by atoms with Crippen LogP contribution in [0.25, 0.3) is 0 Å². The van der Waals surface area contributed by atoms with E-state index < -0.39 is 0 Å². The lowest BCUT2D eigenvalue weighted by Gasteiger charge is -2.35. The molecule has 0 fully saturated rings. The van der Waals surface area contributed by atoms with E-state index in [1.165, 1.54) is 16.7 Å². The third-order valence-electron chi connectivity index (χ3n) is 4.08. The second-order valence-corrected chi connectivity index (χ2v) is 5.06. The summed E-state index contributed by atoms with van der Waals surface area (Å²) < 4.78 is 0. The highest BCUT2D eigenvalue weighted by molar-refractivity contribution is 5.44. The van der Waals surface area contributed by atoms with Crippen molar-refractivity contribution in [3.63, 3.8) is 0 Å². The molecule has 0 amide bonds. The summed E-state index contributed by atoms with van der Waals surface area (Å²) >= 11 is 0. The molecule has 0 spiro atoms. The average Bonchev–Trinajstić information content (AvgIpc) is 2.26. The fourth-order valence-corrected chi connectivity index (χ4v) is 2.51. The van der Waals surface area contributed by atoms with Gasteiger partial charge >= 0.3 is 0 Å². The topological polar surface area (TPSA) is 0 Å². The molecule has 0 bridgehead atoms. The van der Waals surface area contributed by atoms with Gasteiger partial charge in [0.15, 0.2) is 0 Å². The molecule has 0 radical (unpaired) electrons. The molecule has 1 aliphatic rings. The maximum atomic E-state index is 2.33. The Morgan fingerprint density at radius 2 is 1.88 bits per heavy atom. The number of aryl methyl sites for hydroxylation is 1. The maximum absolute atomic E-state index is 2.33. The van der Waals surface area contributed by atoms with E-state index in [1.807, 2.05) is 0 Å². The quantitative estimate of drug-likeness (QED) is 0.650. The molecule has 84 valence electrons. The molecule has 0 heterocycles. The van der Waals surface area contributed by atoms with E-state index in [0.29, 0.717) is 5.92 Å². The van der Waals surface area contributed by atoms with E-state index in [0.717, 1.165) is 0 Å². The lowest BCUT2D eigenvalue weighted by molar-refractivity contribution is 0.455. The first kappa shape index (κ1) is 11.2. The monoisotopic (exact) mass is 212 g/mol. The fourth-order valence-electron chi connectivity index (χ4n) is 2.51. The van der Waals surface area contributed by atoms with Gasteiger partial charge in [0.1, 0.15) is 0 Å². The van der Waals surface area contributed by atoms with Crippen LogP contribution in [0.5, 0.6) is 0 Å². The Kier molecular flexibility index (Phi) is 2.75. The SMILES string of the molecule is Cc1cccc(C2(C)C=CC=CC2C)c1C. The van der Waals surface area contributed by atoms with Crippen molar-refractivity contribution in [1.82, 2.24) is 0 Å². The zero-order valence-corrected chi connectivity index (χ0v) is 10.6. The predicted octanol–water partition coefficient (Wildman–Crippen LogP) is 4.32. The van der Waals surface area contributed by atoms with E-state index in [2.05, 4.69) is 70.2 Å². The summed E-state index contributed by atoms with van der Waals surface area (Å²) in [5, 5.41) is 0. The van der Waals surface area contributed by atoms with Gasteiger partial charge in [0, 0.05) is 5.41 Å². The van der Waals surface area contributed by atoms with Crippen LogP contribution < -0.4 is 0 Å². The van der Waals surface area contributed by atoms with Crippen LogP contribution >= 0.6 is 0 Å². The van der Waals surface area contributed by atoms with E-state index in [4.69, 9.17) is 0 Å². The Labute approximate surface area is 98.7 Å². The highest BCUT2D eigenvalue weighted by Crippen LogP contribution is 2.38. The minimum absolute atomic E-state index is 0.144. The number of hydrogen-bond acceptors (Lipinski definition) is 0. The Morgan fingerprint density at radius 1 is 1.12 bits per heavy atom. The van der Waals surface area contributed by atoms with Crippen molar-refractivity contribution in [2.75, 3.05) is 0 Å². The molecule has 0 aromatic heterocycles. The Bertz CT molecular complexity index is 451. The lowest BCUT2D eigenvalue weighted by Crippen LogP contribution is -2.29. The van der Waals surface area contributed by atoms with Crippen molar-refractivity contribution in [1.29, 1.82) is 0 Å². The molecule has 1 aromatic rings. The van der Waals surface area contributed by atoms with Gasteiger partial charge in [0.2, 0.25) is 0 Å². The Balaban J connectivity index is 2.55. The molecule has 1 aliphatic carbocycles. The summed E-state index contributed by atoms with van der Waals surface area (Å²) in [6.45, 7) is 9.05. The third kappa shape index (κ3) is 1.63. The van der Waals surface area contributed by atoms with Gasteiger partial charge in [-0.1, -0.05) is 56.4 Å². The van der Waals surface area contributed by atoms with E-state index in [1.54, 1.807) is 0 Å². The zero-order chi connectivity index (χ0) is 11.8. The third-order valence-corrected chi connectivity index (χ3v) is 4.08. The van der Waals surface area contributed by atoms with Gasteiger partial charge in [-0.15, -0.1) is 0 Å². The van der Waals surface area contributed by atoms with Crippen LogP contribution in [0.2, 0.25) is 0 Å². The van der Waals surface area contributed by atoms with E-state index in [9.17, 15) is 0 Å². The summed E-state index contributed by atoms with van der Waals surface area (Å²) in [4.78, 5) is 0. The molecule has 2 rings (SSSR count). The van der Waals surface area contributed by atoms with Crippen molar-refractivity contribution >= 4 is 0 Å². The van der Waals surface area contributed by atoms with E-state index >= 15 is 0 Å². The van der Waals surface area contributed by atoms with Gasteiger partial charge in [-0.2, -0.15) is 0 Å². The molecular formula is C16H20. The van der Waals surface area contributed by atoms with Crippen LogP contribution in [0.4, 0.5) is 0 Å². The van der Waals surface area contributed by atoms with Gasteiger partial charge < -0.3 is 0 Å². The molecule has 2 atom stereocenters. The first-order valence-electron chi connectivity index (χ1n) is 5.98. The average molecular weight is 212 g/mol. The van der Waals surface area contributed by atoms with Gasteiger partial charge in [0.05, 0.1) is 0 Å². The van der Waals surface area contributed by atoms with Gasteiger partial charge in [-0.25, -0.2) is 0 Å². The first-order chi connectivity index (χ1) is 7.55. The summed E-state index contributed by atoms with van der Waals surface area (Å²) in [6, 6.07) is 6.62. The Hall–Kier alpha value is -1.30. The molecule has 0 N–H and O–H groups in total. The molecule has 0 aliphatic heterocycles. The van der Waals surface area contributed by atoms with Crippen LogP contribution in [0.1, 0.15) is 30.5 Å². The molecular weight excluding hydrogens is 192 g/mol. The molecule has 0 saturated carbocycles. The fraction of sp³-hybridized carbons (Fsp3) is 0.375. The Morgan fingerprint density at radius 3 is 2.56 bits per heavy atom. The number of rotatable bonds is 1. The van der Waals surface area contributed by atoms with Crippen molar-refractivity contribution in [2.24, 2.45) is 5.92 Å². The minimum atomic E-state index is 0.144. The van der Waals surface area contributed by atoms with Crippen molar-refractivity contribution in [2.45, 2.75) is 33.1 Å². The molecule has 16 heavy (non-hydrogen) atoms. The summed E-state index contributed by atoms with van der Waals surface area (Å²) in [5.74, 6) is 0.554. The smallest absolute Gasteiger partial charge is 0.0169 e. The highest BCUT2D eigenvalue weighted by atomic mass is 14.3. The molecule has 1 aromatic carbocycles. The van der Waals surface area contributed by atoms with Gasteiger partial charge in [0.25, 0.3) is 0 Å². The van der Waals surface area contributed by atoms with Crippen LogP contribution in [0, 0.1) is 19.8 Å². The maximum Gasteiger partial charge on any atom is 0.0169 e. The van der Waals surface area contributed by atoms with Crippen LogP contribution in [0.3, 0.4) is 0 Å². The second-order valence-electron chi connectivity index (χ2n) is 5.06. The molecule has 0 nitrogen and oxygen atoms in total. The van der Waals surface area contributed by atoms with Crippen molar-refractivity contribution in [3.05, 3.63) is 59.2 Å². The zero-order valence-electron chi connectivity index (χ0n) is 10.6. The molecule has 2 unspecified atom stereocenters. The van der Waals surface area contributed by atoms with Crippen LogP contribution in [0.15, 0.2) is 42.5 Å². The van der Waals surface area contributed by atoms with Crippen molar-refractivity contribution in [3.8, 4) is 0 Å². The lowest BCUT2D eigenvalue weighted by atomic mass is 9.69. The second kappa shape index (κ2) is 3.93. The summed E-state index contributed by atoms with van der Waals surface area (Å²) in [7, 11) is 0. The van der Waals surface area contributed by atoms with Crippen LogP contribution in [-0.2, 0) is 5.41 Å². The first-order valence-corrected chi connectivity index (χ1v) is 5.98. The van der Waals surface area contributed by atoms with Crippen LogP contribution in [-0.4, -0.2) is 0 Å². The van der Waals surface area contributed by atoms with Gasteiger partial charge in [-0.05, 0) is 36.5 Å². The minimum Gasteiger partial charge on any atom is -0.0805 e. The molecule has 0 saturated heterocycles. The number of hydrogen-bond donors (Lipinski definition) is 0. The van der Waals surface area contributed by atoms with E-state index in [-0.39, 0.29) is 5.41 Å².